The van der Waals surface area contributed by atoms with Crippen LogP contribution in [-0.2, 0) is 0 Å². The maximum Gasteiger partial charge on any atom is 0.295 e. The monoisotopic (exact) mass is 236 g/mol. The van der Waals surface area contributed by atoms with E-state index in [0.29, 0.717) is 6.01 Å². The Morgan fingerprint density at radius 2 is 2.12 bits per heavy atom. The second-order valence-corrected chi connectivity index (χ2v) is 5.82. The number of fused-ring (bicyclic) bond motifs is 1. The van der Waals surface area contributed by atoms with Crippen LogP contribution in [0.5, 0.6) is 0 Å². The van der Waals surface area contributed by atoms with E-state index in [1.165, 1.54) is 0 Å². The lowest BCUT2D eigenvalue weighted by Crippen LogP contribution is -2.25. The minimum Gasteiger partial charge on any atom is -0.424 e. The van der Waals surface area contributed by atoms with Gasteiger partial charge >= 0.3 is 0 Å². The average molecular weight is 236 g/mol. The summed E-state index contributed by atoms with van der Waals surface area (Å²) in [7, 11) is 0. The molecule has 0 aliphatic carbocycles. The highest BCUT2D eigenvalue weighted by atomic mass is 32.2. The van der Waals surface area contributed by atoms with Gasteiger partial charge < -0.3 is 9.73 Å². The fourth-order valence-electron chi connectivity index (χ4n) is 1.31. The first-order valence-corrected chi connectivity index (χ1v) is 6.48. The molecule has 4 heteroatoms. The minimum absolute atomic E-state index is 0.181. The number of aromatic nitrogens is 1. The smallest absolute Gasteiger partial charge is 0.295 e. The number of hydrogen-bond donors (Lipinski definition) is 1. The zero-order valence-electron chi connectivity index (χ0n) is 9.78. The van der Waals surface area contributed by atoms with E-state index in [1.54, 1.807) is 0 Å². The summed E-state index contributed by atoms with van der Waals surface area (Å²) in [5, 5.41) is 3.23. The Morgan fingerprint density at radius 3 is 2.81 bits per heavy atom. The molecule has 2 aromatic rings. The van der Waals surface area contributed by atoms with Crippen molar-refractivity contribution in [2.24, 2.45) is 0 Å². The second-order valence-electron chi connectivity index (χ2n) is 4.30. The normalized spacial score (nSPS) is 11.9. The number of nitrogens with zero attached hydrogens (tertiary/aromatic N) is 1. The summed E-state index contributed by atoms with van der Waals surface area (Å²) in [5.74, 6) is 0. The summed E-state index contributed by atoms with van der Waals surface area (Å²) in [6, 6.07) is 8.38. The van der Waals surface area contributed by atoms with Gasteiger partial charge in [0.1, 0.15) is 5.52 Å². The van der Waals surface area contributed by atoms with Gasteiger partial charge in [-0.25, -0.2) is 0 Å². The molecule has 0 atom stereocenters. The molecule has 0 fully saturated rings. The lowest BCUT2D eigenvalue weighted by molar-refractivity contribution is 0.605. The molecule has 3 nitrogen and oxygen atoms in total. The molecule has 86 valence electrons. The summed E-state index contributed by atoms with van der Waals surface area (Å²) in [4.78, 5) is 4.36. The van der Waals surface area contributed by atoms with Crippen molar-refractivity contribution >= 4 is 28.9 Å². The highest BCUT2D eigenvalue weighted by molar-refractivity contribution is 7.99. The lowest BCUT2D eigenvalue weighted by atomic mass is 10.2. The molecular formula is C12H16N2OS. The van der Waals surface area contributed by atoms with Crippen molar-refractivity contribution < 1.29 is 4.42 Å². The number of para-hydroxylation sites is 2. The van der Waals surface area contributed by atoms with E-state index in [1.807, 2.05) is 36.0 Å². The van der Waals surface area contributed by atoms with Crippen molar-refractivity contribution in [2.75, 3.05) is 18.1 Å². The van der Waals surface area contributed by atoms with Gasteiger partial charge in [-0.3, -0.25) is 0 Å². The standard InChI is InChI=1S/C12H16N2OS/c1-12(2,16-3)8-13-11-14-9-6-4-5-7-10(9)15-11/h4-7H,8H2,1-3H3,(H,13,14). The number of benzene rings is 1. The Labute approximate surface area is 99.6 Å². The predicted molar refractivity (Wildman–Crippen MR) is 70.1 cm³/mol. The Balaban J connectivity index is 2.10. The van der Waals surface area contributed by atoms with E-state index in [2.05, 4.69) is 30.4 Å². The number of thioether (sulfide) groups is 1. The molecule has 1 N–H and O–H groups in total. The summed E-state index contributed by atoms with van der Waals surface area (Å²) in [6.45, 7) is 5.21. The molecule has 0 amide bonds. The van der Waals surface area contributed by atoms with Gasteiger partial charge in [-0.15, -0.1) is 0 Å². The molecule has 0 radical (unpaired) electrons. The molecule has 0 unspecified atom stereocenters. The molecule has 1 aromatic carbocycles. The van der Waals surface area contributed by atoms with Crippen molar-refractivity contribution in [2.45, 2.75) is 18.6 Å². The van der Waals surface area contributed by atoms with Crippen LogP contribution in [0.1, 0.15) is 13.8 Å². The van der Waals surface area contributed by atoms with Crippen LogP contribution in [0.3, 0.4) is 0 Å². The van der Waals surface area contributed by atoms with Gasteiger partial charge in [-0.05, 0) is 32.2 Å². The SMILES string of the molecule is CSC(C)(C)CNc1nc2ccccc2o1. The van der Waals surface area contributed by atoms with Crippen molar-refractivity contribution in [3.8, 4) is 0 Å². The third kappa shape index (κ3) is 2.50. The molecule has 1 heterocycles. The highest BCUT2D eigenvalue weighted by Gasteiger charge is 2.16. The Hall–Kier alpha value is -1.16. The first-order valence-electron chi connectivity index (χ1n) is 5.25. The van der Waals surface area contributed by atoms with E-state index in [4.69, 9.17) is 4.42 Å². The zero-order valence-corrected chi connectivity index (χ0v) is 10.6. The minimum atomic E-state index is 0.181. The van der Waals surface area contributed by atoms with Crippen LogP contribution in [0.15, 0.2) is 28.7 Å². The van der Waals surface area contributed by atoms with Gasteiger partial charge in [0.05, 0.1) is 0 Å². The summed E-state index contributed by atoms with van der Waals surface area (Å²) in [6.07, 6.45) is 2.10. The van der Waals surface area contributed by atoms with E-state index in [0.717, 1.165) is 17.6 Å². The quantitative estimate of drug-likeness (QED) is 0.883. The molecule has 0 spiro atoms. The zero-order chi connectivity index (χ0) is 11.6. The molecular weight excluding hydrogens is 220 g/mol. The van der Waals surface area contributed by atoms with E-state index < -0.39 is 0 Å². The maximum absolute atomic E-state index is 5.58. The number of rotatable bonds is 4. The summed E-state index contributed by atoms with van der Waals surface area (Å²) < 4.78 is 5.76. The molecule has 0 aliphatic rings. The molecule has 16 heavy (non-hydrogen) atoms. The van der Waals surface area contributed by atoms with Crippen molar-refractivity contribution in [3.63, 3.8) is 0 Å². The van der Waals surface area contributed by atoms with Crippen LogP contribution in [0, 0.1) is 0 Å². The summed E-state index contributed by atoms with van der Waals surface area (Å²) >= 11 is 1.82. The van der Waals surface area contributed by atoms with Gasteiger partial charge in [-0.1, -0.05) is 12.1 Å². The number of nitrogens with one attached hydrogen (secondary N) is 1. The van der Waals surface area contributed by atoms with E-state index in [-0.39, 0.29) is 4.75 Å². The van der Waals surface area contributed by atoms with Gasteiger partial charge in [-0.2, -0.15) is 16.7 Å². The van der Waals surface area contributed by atoms with Crippen LogP contribution in [0.25, 0.3) is 11.1 Å². The topological polar surface area (TPSA) is 38.1 Å². The van der Waals surface area contributed by atoms with E-state index in [9.17, 15) is 0 Å². The largest absolute Gasteiger partial charge is 0.424 e. The predicted octanol–water partition coefficient (Wildman–Crippen LogP) is 3.38. The van der Waals surface area contributed by atoms with Crippen LogP contribution in [0.4, 0.5) is 6.01 Å². The summed E-state index contributed by atoms with van der Waals surface area (Å²) in [5.41, 5.74) is 1.72. The first-order chi connectivity index (χ1) is 7.61. The maximum atomic E-state index is 5.58. The van der Waals surface area contributed by atoms with Crippen LogP contribution in [0.2, 0.25) is 0 Å². The Kier molecular flexibility index (Phi) is 3.10. The first kappa shape index (κ1) is 11.3. The third-order valence-electron chi connectivity index (χ3n) is 2.51. The van der Waals surface area contributed by atoms with Crippen LogP contribution in [-0.4, -0.2) is 22.5 Å². The van der Waals surface area contributed by atoms with Gasteiger partial charge in [0.2, 0.25) is 0 Å². The second kappa shape index (κ2) is 4.37. The van der Waals surface area contributed by atoms with E-state index >= 15 is 0 Å². The Bertz CT molecular complexity index is 446. The number of anilines is 1. The van der Waals surface area contributed by atoms with Crippen molar-refractivity contribution in [1.29, 1.82) is 0 Å². The lowest BCUT2D eigenvalue weighted by Gasteiger charge is -2.21. The molecule has 0 saturated heterocycles. The molecule has 0 saturated carbocycles. The average Bonchev–Trinajstić information content (AvgIpc) is 2.69. The van der Waals surface area contributed by atoms with Gasteiger partial charge in [0, 0.05) is 11.3 Å². The molecule has 1 aromatic heterocycles. The Morgan fingerprint density at radius 1 is 1.38 bits per heavy atom. The molecule has 2 rings (SSSR count). The number of oxazole rings is 1. The molecule has 0 aliphatic heterocycles. The van der Waals surface area contributed by atoms with Gasteiger partial charge in [0.25, 0.3) is 6.01 Å². The fraction of sp³-hybridized carbons (Fsp3) is 0.417. The van der Waals surface area contributed by atoms with Crippen molar-refractivity contribution in [3.05, 3.63) is 24.3 Å². The van der Waals surface area contributed by atoms with Gasteiger partial charge in [0.15, 0.2) is 5.58 Å². The van der Waals surface area contributed by atoms with Crippen LogP contribution >= 0.6 is 11.8 Å². The number of hydrogen-bond acceptors (Lipinski definition) is 4. The van der Waals surface area contributed by atoms with Crippen LogP contribution < -0.4 is 5.32 Å². The van der Waals surface area contributed by atoms with Crippen molar-refractivity contribution in [1.82, 2.24) is 4.98 Å². The third-order valence-corrected chi connectivity index (χ3v) is 3.76. The molecule has 0 bridgehead atoms. The highest BCUT2D eigenvalue weighted by Crippen LogP contribution is 2.23. The fourth-order valence-corrected chi connectivity index (χ4v) is 1.52.